The molecule has 0 N–H and O–H groups in total. The zero-order chi connectivity index (χ0) is 18.0. The van der Waals surface area contributed by atoms with Crippen molar-refractivity contribution in [1.82, 2.24) is 8.96 Å². The van der Waals surface area contributed by atoms with E-state index in [9.17, 15) is 8.42 Å². The SMILES string of the molecule is COC/C=C/c1cnc2c(ccn2S(=O)(=O)c2ccc(C)cc2)c1Cl. The number of hydrogen-bond acceptors (Lipinski definition) is 4. The molecule has 1 aromatic carbocycles. The van der Waals surface area contributed by atoms with Crippen molar-refractivity contribution in [3.8, 4) is 0 Å². The Labute approximate surface area is 151 Å². The van der Waals surface area contributed by atoms with Crippen LogP contribution >= 0.6 is 11.6 Å². The summed E-state index contributed by atoms with van der Waals surface area (Å²) in [6.45, 7) is 2.36. The Morgan fingerprint density at radius 3 is 2.64 bits per heavy atom. The standard InChI is InChI=1S/C18H17ClN2O3S/c1-13-5-7-15(8-6-13)25(22,23)21-10-9-16-17(19)14(4-3-11-24-2)12-20-18(16)21/h3-10,12H,11H2,1-2H3/b4-3+. The third-order valence-electron chi connectivity index (χ3n) is 3.78. The molecular weight excluding hydrogens is 360 g/mol. The van der Waals surface area contributed by atoms with Crippen LogP contribution in [0.4, 0.5) is 0 Å². The van der Waals surface area contributed by atoms with Gasteiger partial charge in [-0.05, 0) is 25.1 Å². The van der Waals surface area contributed by atoms with Crippen LogP contribution in [0.3, 0.4) is 0 Å². The number of benzene rings is 1. The second-order valence-electron chi connectivity index (χ2n) is 5.55. The molecule has 2 aromatic heterocycles. The van der Waals surface area contributed by atoms with Crippen LogP contribution in [-0.4, -0.2) is 31.1 Å². The summed E-state index contributed by atoms with van der Waals surface area (Å²) in [5.41, 5.74) is 2.00. The van der Waals surface area contributed by atoms with Crippen LogP contribution in [0.25, 0.3) is 17.1 Å². The molecule has 0 bridgehead atoms. The summed E-state index contributed by atoms with van der Waals surface area (Å²) in [4.78, 5) is 4.50. The summed E-state index contributed by atoms with van der Waals surface area (Å²) in [6, 6.07) is 8.35. The minimum absolute atomic E-state index is 0.206. The molecule has 0 aliphatic heterocycles. The van der Waals surface area contributed by atoms with E-state index in [1.54, 1.807) is 49.7 Å². The molecule has 0 saturated carbocycles. The van der Waals surface area contributed by atoms with Gasteiger partial charge in [0.25, 0.3) is 10.0 Å². The maximum Gasteiger partial charge on any atom is 0.269 e. The minimum atomic E-state index is -3.73. The lowest BCUT2D eigenvalue weighted by molar-refractivity contribution is 0.234. The van der Waals surface area contributed by atoms with Crippen LogP contribution in [0.2, 0.25) is 5.02 Å². The lowest BCUT2D eigenvalue weighted by Gasteiger charge is -2.08. The second kappa shape index (κ2) is 7.00. The van der Waals surface area contributed by atoms with E-state index in [4.69, 9.17) is 16.3 Å². The Balaban J connectivity index is 2.09. The fourth-order valence-electron chi connectivity index (χ4n) is 2.45. The molecule has 0 aliphatic rings. The number of pyridine rings is 1. The smallest absolute Gasteiger partial charge is 0.269 e. The Kier molecular flexibility index (Phi) is 4.94. The average molecular weight is 377 g/mol. The summed E-state index contributed by atoms with van der Waals surface area (Å²) in [7, 11) is -2.13. The highest BCUT2D eigenvalue weighted by Crippen LogP contribution is 2.29. The molecule has 0 radical (unpaired) electrons. The van der Waals surface area contributed by atoms with Gasteiger partial charge in [-0.25, -0.2) is 17.4 Å². The van der Waals surface area contributed by atoms with Crippen molar-refractivity contribution in [2.75, 3.05) is 13.7 Å². The molecule has 130 valence electrons. The van der Waals surface area contributed by atoms with Crippen LogP contribution in [0.1, 0.15) is 11.1 Å². The van der Waals surface area contributed by atoms with Crippen molar-refractivity contribution in [2.24, 2.45) is 0 Å². The molecule has 3 rings (SSSR count). The predicted molar refractivity (Wildman–Crippen MR) is 99.4 cm³/mol. The second-order valence-corrected chi connectivity index (χ2v) is 7.75. The molecule has 2 heterocycles. The summed E-state index contributed by atoms with van der Waals surface area (Å²) in [5.74, 6) is 0. The molecule has 0 amide bonds. The summed E-state index contributed by atoms with van der Waals surface area (Å²) < 4.78 is 31.9. The van der Waals surface area contributed by atoms with Crippen molar-refractivity contribution in [2.45, 2.75) is 11.8 Å². The van der Waals surface area contributed by atoms with Gasteiger partial charge in [0.2, 0.25) is 0 Å². The number of halogens is 1. The van der Waals surface area contributed by atoms with E-state index < -0.39 is 10.0 Å². The first-order valence-corrected chi connectivity index (χ1v) is 9.40. The molecule has 0 unspecified atom stereocenters. The fraction of sp³-hybridized carbons (Fsp3) is 0.167. The van der Waals surface area contributed by atoms with Crippen LogP contribution in [0.15, 0.2) is 53.7 Å². The molecule has 3 aromatic rings. The van der Waals surface area contributed by atoms with Crippen molar-refractivity contribution < 1.29 is 13.2 Å². The van der Waals surface area contributed by atoms with E-state index in [-0.39, 0.29) is 4.90 Å². The number of aryl methyl sites for hydroxylation is 1. The van der Waals surface area contributed by atoms with Gasteiger partial charge in [0.1, 0.15) is 0 Å². The number of nitrogens with zero attached hydrogens (tertiary/aromatic N) is 2. The number of methoxy groups -OCH3 is 1. The third kappa shape index (κ3) is 3.33. The summed E-state index contributed by atoms with van der Waals surface area (Å²) in [6.07, 6.45) is 6.64. The fourth-order valence-corrected chi connectivity index (χ4v) is 4.01. The van der Waals surface area contributed by atoms with Crippen molar-refractivity contribution in [1.29, 1.82) is 0 Å². The quantitative estimate of drug-likeness (QED) is 0.677. The van der Waals surface area contributed by atoms with Gasteiger partial charge in [0.15, 0.2) is 5.65 Å². The minimum Gasteiger partial charge on any atom is -0.381 e. The van der Waals surface area contributed by atoms with Gasteiger partial charge in [0, 0.05) is 30.5 Å². The van der Waals surface area contributed by atoms with Gasteiger partial charge in [-0.3, -0.25) is 0 Å². The van der Waals surface area contributed by atoms with E-state index in [2.05, 4.69) is 4.98 Å². The Hall–Kier alpha value is -2.15. The number of ether oxygens (including phenoxy) is 1. The first kappa shape index (κ1) is 17.7. The number of aromatic nitrogens is 2. The van der Waals surface area contributed by atoms with E-state index in [0.29, 0.717) is 28.2 Å². The van der Waals surface area contributed by atoms with E-state index in [1.807, 2.05) is 13.0 Å². The first-order valence-electron chi connectivity index (χ1n) is 7.58. The number of rotatable bonds is 5. The molecule has 25 heavy (non-hydrogen) atoms. The van der Waals surface area contributed by atoms with Gasteiger partial charge in [0.05, 0.1) is 16.5 Å². The lowest BCUT2D eigenvalue weighted by Crippen LogP contribution is -2.12. The van der Waals surface area contributed by atoms with Crippen molar-refractivity contribution in [3.05, 3.63) is 65.0 Å². The summed E-state index contributed by atoms with van der Waals surface area (Å²) >= 11 is 6.41. The molecule has 0 spiro atoms. The van der Waals surface area contributed by atoms with Gasteiger partial charge in [-0.2, -0.15) is 0 Å². The van der Waals surface area contributed by atoms with E-state index in [0.717, 1.165) is 9.54 Å². The van der Waals surface area contributed by atoms with E-state index in [1.165, 1.54) is 6.20 Å². The highest BCUT2D eigenvalue weighted by Gasteiger charge is 2.20. The number of fused-ring (bicyclic) bond motifs is 1. The normalized spacial score (nSPS) is 12.3. The van der Waals surface area contributed by atoms with Gasteiger partial charge < -0.3 is 4.74 Å². The predicted octanol–water partition coefficient (Wildman–Crippen LogP) is 3.89. The largest absolute Gasteiger partial charge is 0.381 e. The molecule has 5 nitrogen and oxygen atoms in total. The Morgan fingerprint density at radius 1 is 1.24 bits per heavy atom. The van der Waals surface area contributed by atoms with Crippen LogP contribution in [0.5, 0.6) is 0 Å². The maximum atomic E-state index is 12.9. The molecular formula is C18H17ClN2O3S. The van der Waals surface area contributed by atoms with Crippen LogP contribution in [-0.2, 0) is 14.8 Å². The molecule has 0 atom stereocenters. The topological polar surface area (TPSA) is 61.2 Å². The third-order valence-corrected chi connectivity index (χ3v) is 5.88. The van der Waals surface area contributed by atoms with Crippen LogP contribution < -0.4 is 0 Å². The average Bonchev–Trinajstić information content (AvgIpc) is 3.03. The first-order chi connectivity index (χ1) is 11.9. The van der Waals surface area contributed by atoms with Gasteiger partial charge in [-0.15, -0.1) is 0 Å². The van der Waals surface area contributed by atoms with Crippen molar-refractivity contribution >= 4 is 38.7 Å². The molecule has 0 fully saturated rings. The molecule has 0 aliphatic carbocycles. The van der Waals surface area contributed by atoms with Crippen LogP contribution in [0, 0.1) is 6.92 Å². The maximum absolute atomic E-state index is 12.9. The highest BCUT2D eigenvalue weighted by atomic mass is 35.5. The molecule has 0 saturated heterocycles. The molecule has 7 heteroatoms. The zero-order valence-corrected chi connectivity index (χ0v) is 15.4. The monoisotopic (exact) mass is 376 g/mol. The zero-order valence-electron chi connectivity index (χ0n) is 13.8. The van der Waals surface area contributed by atoms with Gasteiger partial charge in [-0.1, -0.05) is 41.4 Å². The van der Waals surface area contributed by atoms with Gasteiger partial charge >= 0.3 is 0 Å². The van der Waals surface area contributed by atoms with E-state index >= 15 is 0 Å². The Morgan fingerprint density at radius 2 is 1.96 bits per heavy atom. The summed E-state index contributed by atoms with van der Waals surface area (Å²) in [5, 5.41) is 1.03. The van der Waals surface area contributed by atoms with Crippen molar-refractivity contribution in [3.63, 3.8) is 0 Å². The lowest BCUT2D eigenvalue weighted by atomic mass is 10.2. The number of hydrogen-bond donors (Lipinski definition) is 0. The highest BCUT2D eigenvalue weighted by molar-refractivity contribution is 7.90. The Bertz CT molecular complexity index is 1040.